The molecule has 0 aromatic carbocycles. The van der Waals surface area contributed by atoms with Crippen LogP contribution in [0.25, 0.3) is 11.3 Å². The first-order valence-electron chi connectivity index (χ1n) is 10.2. The first-order chi connectivity index (χ1) is 13.7. The number of aromatic amines is 3. The van der Waals surface area contributed by atoms with Crippen molar-refractivity contribution in [2.24, 2.45) is 5.73 Å². The number of aromatic nitrogens is 5. The molecule has 7 nitrogen and oxygen atoms in total. The Hall–Kier alpha value is -2.67. The Labute approximate surface area is 164 Å². The maximum absolute atomic E-state index is 12.1. The van der Waals surface area contributed by atoms with Gasteiger partial charge in [-0.15, -0.1) is 0 Å². The summed E-state index contributed by atoms with van der Waals surface area (Å²) in [6, 6.07) is 0. The first-order valence-corrected chi connectivity index (χ1v) is 10.2. The molecule has 1 fully saturated rings. The fourth-order valence-corrected chi connectivity index (χ4v) is 4.61. The van der Waals surface area contributed by atoms with Crippen LogP contribution in [0.4, 0.5) is 0 Å². The molecule has 3 aromatic rings. The number of nitrogens with zero attached hydrogens (tertiary/aromatic N) is 2. The molecular formula is C21H28N6O. The number of hydrogen-bond acceptors (Lipinski definition) is 4. The second-order valence-electron chi connectivity index (χ2n) is 7.68. The lowest BCUT2D eigenvalue weighted by molar-refractivity contribution is 0.440. The zero-order valence-corrected chi connectivity index (χ0v) is 16.3. The summed E-state index contributed by atoms with van der Waals surface area (Å²) in [6.07, 6.45) is 12.8. The van der Waals surface area contributed by atoms with Crippen molar-refractivity contribution in [2.45, 2.75) is 57.8 Å². The van der Waals surface area contributed by atoms with Crippen molar-refractivity contribution >= 4 is 0 Å². The summed E-state index contributed by atoms with van der Waals surface area (Å²) < 4.78 is 0. The number of rotatable bonds is 6. The standard InChI is InChI=1S/C21H28N6O/c1-13-15(7-8-22)19(14-5-3-2-4-6-14)17(26-13)11-18-20(24-10-9-23-18)16-12-25-27-21(16)28/h9-10,12,14,26H,2-8,11,22H2,1H3,(H2,25,27,28). The molecule has 0 amide bonds. The summed E-state index contributed by atoms with van der Waals surface area (Å²) in [5.41, 5.74) is 12.9. The van der Waals surface area contributed by atoms with Gasteiger partial charge >= 0.3 is 0 Å². The Morgan fingerprint density at radius 2 is 1.96 bits per heavy atom. The number of hydrogen-bond donors (Lipinski definition) is 4. The molecular weight excluding hydrogens is 352 g/mol. The van der Waals surface area contributed by atoms with Crippen molar-refractivity contribution in [2.75, 3.05) is 6.54 Å². The van der Waals surface area contributed by atoms with E-state index < -0.39 is 0 Å². The van der Waals surface area contributed by atoms with E-state index >= 15 is 0 Å². The molecule has 28 heavy (non-hydrogen) atoms. The SMILES string of the molecule is Cc1[nH]c(Cc2nccnc2-c2c[nH][nH]c2=O)c(C2CCCCC2)c1CCN. The Kier molecular flexibility index (Phi) is 5.43. The number of nitrogens with one attached hydrogen (secondary N) is 3. The number of nitrogens with two attached hydrogens (primary N) is 1. The van der Waals surface area contributed by atoms with Crippen molar-refractivity contribution in [1.29, 1.82) is 0 Å². The second kappa shape index (κ2) is 8.14. The van der Waals surface area contributed by atoms with Crippen LogP contribution in [0.5, 0.6) is 0 Å². The molecule has 0 radical (unpaired) electrons. The van der Waals surface area contributed by atoms with Crippen LogP contribution in [0.2, 0.25) is 0 Å². The van der Waals surface area contributed by atoms with Gasteiger partial charge in [0, 0.05) is 36.4 Å². The van der Waals surface area contributed by atoms with Crippen LogP contribution >= 0.6 is 0 Å². The van der Waals surface area contributed by atoms with E-state index in [1.807, 2.05) is 0 Å². The van der Waals surface area contributed by atoms with Crippen molar-refractivity contribution in [1.82, 2.24) is 25.1 Å². The highest BCUT2D eigenvalue weighted by Gasteiger charge is 2.25. The van der Waals surface area contributed by atoms with Crippen LogP contribution in [0.1, 0.15) is 66.2 Å². The van der Waals surface area contributed by atoms with E-state index in [2.05, 4.69) is 32.1 Å². The van der Waals surface area contributed by atoms with Gasteiger partial charge in [-0.25, -0.2) is 0 Å². The van der Waals surface area contributed by atoms with Crippen molar-refractivity contribution in [3.63, 3.8) is 0 Å². The van der Waals surface area contributed by atoms with Crippen LogP contribution < -0.4 is 11.3 Å². The molecule has 1 aliphatic rings. The third kappa shape index (κ3) is 3.54. The zero-order valence-electron chi connectivity index (χ0n) is 16.3. The van der Waals surface area contributed by atoms with Gasteiger partial charge in [0.1, 0.15) is 0 Å². The van der Waals surface area contributed by atoms with Gasteiger partial charge in [-0.2, -0.15) is 0 Å². The monoisotopic (exact) mass is 380 g/mol. The van der Waals surface area contributed by atoms with E-state index in [0.717, 1.165) is 12.1 Å². The van der Waals surface area contributed by atoms with Crippen LogP contribution in [-0.2, 0) is 12.8 Å². The minimum atomic E-state index is -0.180. The van der Waals surface area contributed by atoms with Gasteiger partial charge in [0.2, 0.25) is 0 Å². The molecule has 0 aliphatic heterocycles. The Balaban J connectivity index is 1.76. The zero-order chi connectivity index (χ0) is 19.5. The van der Waals surface area contributed by atoms with E-state index in [-0.39, 0.29) is 5.56 Å². The van der Waals surface area contributed by atoms with E-state index in [1.54, 1.807) is 18.6 Å². The average Bonchev–Trinajstić information content (AvgIpc) is 3.26. The molecule has 0 saturated heterocycles. The van der Waals surface area contributed by atoms with Crippen LogP contribution in [0, 0.1) is 6.92 Å². The van der Waals surface area contributed by atoms with Gasteiger partial charge in [0.25, 0.3) is 5.56 Å². The molecule has 3 heterocycles. The summed E-state index contributed by atoms with van der Waals surface area (Å²) in [5.74, 6) is 0.575. The normalized spacial score (nSPS) is 15.2. The van der Waals surface area contributed by atoms with Gasteiger partial charge in [0.05, 0.1) is 17.0 Å². The molecule has 4 rings (SSSR count). The smallest absolute Gasteiger partial charge is 0.273 e. The number of H-pyrrole nitrogens is 3. The first kappa shape index (κ1) is 18.7. The minimum Gasteiger partial charge on any atom is -0.362 e. The molecule has 148 valence electrons. The van der Waals surface area contributed by atoms with Crippen molar-refractivity contribution in [3.05, 3.63) is 57.2 Å². The van der Waals surface area contributed by atoms with Gasteiger partial charge in [0.15, 0.2) is 0 Å². The van der Waals surface area contributed by atoms with Gasteiger partial charge < -0.3 is 15.8 Å². The molecule has 0 bridgehead atoms. The Morgan fingerprint density at radius 1 is 1.18 bits per heavy atom. The summed E-state index contributed by atoms with van der Waals surface area (Å²) >= 11 is 0. The molecule has 5 N–H and O–H groups in total. The van der Waals surface area contributed by atoms with E-state index in [9.17, 15) is 4.79 Å². The van der Waals surface area contributed by atoms with Crippen molar-refractivity contribution < 1.29 is 0 Å². The average molecular weight is 380 g/mol. The predicted octanol–water partition coefficient (Wildman–Crippen LogP) is 2.94. The fraction of sp³-hybridized carbons (Fsp3) is 0.476. The van der Waals surface area contributed by atoms with E-state index in [4.69, 9.17) is 5.73 Å². The maximum atomic E-state index is 12.1. The Bertz CT molecular complexity index is 992. The maximum Gasteiger partial charge on any atom is 0.273 e. The highest BCUT2D eigenvalue weighted by molar-refractivity contribution is 5.60. The second-order valence-corrected chi connectivity index (χ2v) is 7.68. The summed E-state index contributed by atoms with van der Waals surface area (Å²) in [6.45, 7) is 2.78. The quantitative estimate of drug-likeness (QED) is 0.526. The van der Waals surface area contributed by atoms with Crippen LogP contribution in [-0.4, -0.2) is 31.7 Å². The summed E-state index contributed by atoms with van der Waals surface area (Å²) in [5, 5.41) is 5.33. The lowest BCUT2D eigenvalue weighted by atomic mass is 9.81. The molecule has 0 spiro atoms. The molecule has 3 aromatic heterocycles. The molecule has 0 atom stereocenters. The fourth-order valence-electron chi connectivity index (χ4n) is 4.61. The van der Waals surface area contributed by atoms with Gasteiger partial charge in [-0.1, -0.05) is 19.3 Å². The van der Waals surface area contributed by atoms with Crippen molar-refractivity contribution in [3.8, 4) is 11.3 Å². The van der Waals surface area contributed by atoms with Crippen LogP contribution in [0.15, 0.2) is 23.4 Å². The molecule has 1 aliphatic carbocycles. The van der Waals surface area contributed by atoms with E-state index in [0.29, 0.717) is 30.1 Å². The van der Waals surface area contributed by atoms with Gasteiger partial charge in [-0.05, 0) is 49.8 Å². The summed E-state index contributed by atoms with van der Waals surface area (Å²) in [7, 11) is 0. The summed E-state index contributed by atoms with van der Waals surface area (Å²) in [4.78, 5) is 24.7. The predicted molar refractivity (Wildman–Crippen MR) is 109 cm³/mol. The largest absolute Gasteiger partial charge is 0.362 e. The van der Waals surface area contributed by atoms with Gasteiger partial charge in [-0.3, -0.25) is 19.9 Å². The molecule has 0 unspecified atom stereocenters. The highest BCUT2D eigenvalue weighted by atomic mass is 16.1. The minimum absolute atomic E-state index is 0.180. The molecule has 7 heteroatoms. The molecule has 1 saturated carbocycles. The third-order valence-corrected chi connectivity index (χ3v) is 5.87. The lowest BCUT2D eigenvalue weighted by Crippen LogP contribution is -2.12. The Morgan fingerprint density at radius 3 is 2.68 bits per heavy atom. The highest BCUT2D eigenvalue weighted by Crippen LogP contribution is 2.38. The van der Waals surface area contributed by atoms with E-state index in [1.165, 1.54) is 54.6 Å². The lowest BCUT2D eigenvalue weighted by Gasteiger charge is -2.24. The van der Waals surface area contributed by atoms with Crippen LogP contribution in [0.3, 0.4) is 0 Å². The third-order valence-electron chi connectivity index (χ3n) is 5.87. The topological polar surface area (TPSA) is 116 Å². The number of aryl methyl sites for hydroxylation is 1.